The fourth-order valence-electron chi connectivity index (χ4n) is 1.64. The van der Waals surface area contributed by atoms with Gasteiger partial charge in [-0.05, 0) is 12.1 Å². The summed E-state index contributed by atoms with van der Waals surface area (Å²) in [6.45, 7) is 3.46. The van der Waals surface area contributed by atoms with Gasteiger partial charge < -0.3 is 0 Å². The van der Waals surface area contributed by atoms with E-state index in [1.807, 2.05) is 0 Å². The van der Waals surface area contributed by atoms with Crippen LogP contribution in [0.1, 0.15) is 29.9 Å². The SMILES string of the molecule is CC(C)C(=O)c1cnc2cc(C(F)(F)F)ccn12. The second-order valence-corrected chi connectivity index (χ2v) is 4.30. The van der Waals surface area contributed by atoms with Crippen molar-refractivity contribution in [1.29, 1.82) is 0 Å². The fraction of sp³-hybridized carbons (Fsp3) is 0.333. The van der Waals surface area contributed by atoms with Crippen LogP contribution in [-0.4, -0.2) is 15.2 Å². The van der Waals surface area contributed by atoms with Gasteiger partial charge in [0.15, 0.2) is 5.78 Å². The molecule has 18 heavy (non-hydrogen) atoms. The van der Waals surface area contributed by atoms with Crippen molar-refractivity contribution in [2.75, 3.05) is 0 Å². The number of carbonyl (C=O) groups excluding carboxylic acids is 1. The number of rotatable bonds is 2. The molecule has 0 atom stereocenters. The van der Waals surface area contributed by atoms with Crippen molar-refractivity contribution in [3.05, 3.63) is 35.8 Å². The molecule has 0 fully saturated rings. The number of nitrogens with zero attached hydrogens (tertiary/aromatic N) is 2. The normalized spacial score (nSPS) is 12.3. The number of hydrogen-bond acceptors (Lipinski definition) is 2. The molecular formula is C12H11F3N2O. The lowest BCUT2D eigenvalue weighted by Crippen LogP contribution is -2.11. The van der Waals surface area contributed by atoms with E-state index in [0.717, 1.165) is 12.1 Å². The molecule has 2 heterocycles. The van der Waals surface area contributed by atoms with Crippen molar-refractivity contribution in [3.63, 3.8) is 0 Å². The van der Waals surface area contributed by atoms with Gasteiger partial charge in [-0.3, -0.25) is 9.20 Å². The minimum absolute atomic E-state index is 0.119. The Morgan fingerprint density at radius 2 is 2.06 bits per heavy atom. The lowest BCUT2D eigenvalue weighted by Gasteiger charge is -2.07. The van der Waals surface area contributed by atoms with Gasteiger partial charge >= 0.3 is 6.18 Å². The van der Waals surface area contributed by atoms with E-state index in [-0.39, 0.29) is 17.3 Å². The Bertz CT molecular complexity index is 599. The first-order valence-electron chi connectivity index (χ1n) is 5.39. The maximum absolute atomic E-state index is 12.5. The number of fused-ring (bicyclic) bond motifs is 1. The first-order valence-corrected chi connectivity index (χ1v) is 5.39. The van der Waals surface area contributed by atoms with Gasteiger partial charge in [0, 0.05) is 12.1 Å². The molecule has 0 aliphatic heterocycles. The lowest BCUT2D eigenvalue weighted by molar-refractivity contribution is -0.137. The number of hydrogen-bond donors (Lipinski definition) is 0. The highest BCUT2D eigenvalue weighted by Crippen LogP contribution is 2.29. The molecule has 6 heteroatoms. The molecule has 0 saturated heterocycles. The van der Waals surface area contributed by atoms with E-state index in [0.29, 0.717) is 5.69 Å². The van der Waals surface area contributed by atoms with E-state index in [4.69, 9.17) is 0 Å². The molecule has 96 valence electrons. The zero-order chi connectivity index (χ0) is 13.5. The highest BCUT2D eigenvalue weighted by molar-refractivity contribution is 5.96. The van der Waals surface area contributed by atoms with Crippen LogP contribution < -0.4 is 0 Å². The Kier molecular flexibility index (Phi) is 2.88. The summed E-state index contributed by atoms with van der Waals surface area (Å²) in [5.74, 6) is -0.380. The Balaban J connectivity index is 2.54. The summed E-state index contributed by atoms with van der Waals surface area (Å²) >= 11 is 0. The topological polar surface area (TPSA) is 34.4 Å². The van der Waals surface area contributed by atoms with Crippen LogP contribution in [0.4, 0.5) is 13.2 Å². The smallest absolute Gasteiger partial charge is 0.297 e. The van der Waals surface area contributed by atoms with E-state index in [1.165, 1.54) is 16.8 Å². The molecule has 2 aromatic rings. The summed E-state index contributed by atoms with van der Waals surface area (Å²) in [7, 11) is 0. The Labute approximate surface area is 101 Å². The highest BCUT2D eigenvalue weighted by atomic mass is 19.4. The Morgan fingerprint density at radius 3 is 2.61 bits per heavy atom. The summed E-state index contributed by atoms with van der Waals surface area (Å²) in [6, 6.07) is 1.86. The Hall–Kier alpha value is -1.85. The van der Waals surface area contributed by atoms with Crippen LogP contribution in [0.3, 0.4) is 0 Å². The summed E-state index contributed by atoms with van der Waals surface area (Å²) < 4.78 is 38.9. The molecule has 2 rings (SSSR count). The van der Waals surface area contributed by atoms with Crippen LogP contribution in [0, 0.1) is 5.92 Å². The average Bonchev–Trinajstić information content (AvgIpc) is 2.69. The number of imidazole rings is 1. The summed E-state index contributed by atoms with van der Waals surface area (Å²) in [5, 5.41) is 0. The maximum atomic E-state index is 12.5. The van der Waals surface area contributed by atoms with Crippen molar-refractivity contribution in [1.82, 2.24) is 9.38 Å². The molecule has 2 aromatic heterocycles. The predicted octanol–water partition coefficient (Wildman–Crippen LogP) is 3.19. The molecule has 0 aliphatic carbocycles. The van der Waals surface area contributed by atoms with E-state index in [2.05, 4.69) is 4.98 Å². The average molecular weight is 256 g/mol. The van der Waals surface area contributed by atoms with Crippen molar-refractivity contribution in [2.45, 2.75) is 20.0 Å². The van der Waals surface area contributed by atoms with Gasteiger partial charge in [0.2, 0.25) is 0 Å². The van der Waals surface area contributed by atoms with Crippen molar-refractivity contribution < 1.29 is 18.0 Å². The van der Waals surface area contributed by atoms with Crippen LogP contribution in [0.25, 0.3) is 5.65 Å². The lowest BCUT2D eigenvalue weighted by atomic mass is 10.1. The second kappa shape index (κ2) is 4.12. The highest BCUT2D eigenvalue weighted by Gasteiger charge is 2.31. The number of ketones is 1. The minimum Gasteiger partial charge on any atom is -0.297 e. The van der Waals surface area contributed by atoms with Gasteiger partial charge in [0.1, 0.15) is 11.3 Å². The first-order chi connectivity index (χ1) is 8.30. The molecule has 0 bridgehead atoms. The van der Waals surface area contributed by atoms with Gasteiger partial charge in [-0.25, -0.2) is 4.98 Å². The van der Waals surface area contributed by atoms with Gasteiger partial charge in [-0.15, -0.1) is 0 Å². The van der Waals surface area contributed by atoms with Crippen LogP contribution in [0.2, 0.25) is 0 Å². The van der Waals surface area contributed by atoms with E-state index in [9.17, 15) is 18.0 Å². The molecule has 0 radical (unpaired) electrons. The predicted molar refractivity (Wildman–Crippen MR) is 59.4 cm³/mol. The van der Waals surface area contributed by atoms with Crippen molar-refractivity contribution >= 4 is 11.4 Å². The zero-order valence-corrected chi connectivity index (χ0v) is 9.82. The Morgan fingerprint density at radius 1 is 1.39 bits per heavy atom. The molecule has 0 N–H and O–H groups in total. The van der Waals surface area contributed by atoms with Gasteiger partial charge in [-0.2, -0.15) is 13.2 Å². The number of pyridine rings is 1. The molecule has 0 amide bonds. The minimum atomic E-state index is -4.41. The first kappa shape index (κ1) is 12.6. The third-order valence-electron chi connectivity index (χ3n) is 2.62. The van der Waals surface area contributed by atoms with Gasteiger partial charge in [0.05, 0.1) is 11.8 Å². The number of Topliss-reactive ketones (excluding diaryl/α,β-unsaturated/α-hetero) is 1. The molecular weight excluding hydrogens is 245 g/mol. The third-order valence-corrected chi connectivity index (χ3v) is 2.62. The summed E-state index contributed by atoms with van der Waals surface area (Å²) in [6.07, 6.45) is -1.88. The monoisotopic (exact) mass is 256 g/mol. The van der Waals surface area contributed by atoms with Crippen LogP contribution in [0.5, 0.6) is 0 Å². The van der Waals surface area contributed by atoms with Crippen molar-refractivity contribution in [3.8, 4) is 0 Å². The molecule has 0 spiro atoms. The number of carbonyl (C=O) groups is 1. The van der Waals surface area contributed by atoms with E-state index >= 15 is 0 Å². The van der Waals surface area contributed by atoms with E-state index < -0.39 is 11.7 Å². The van der Waals surface area contributed by atoms with Gasteiger partial charge in [-0.1, -0.05) is 13.8 Å². The number of halogens is 3. The van der Waals surface area contributed by atoms with E-state index in [1.54, 1.807) is 13.8 Å². The quantitative estimate of drug-likeness (QED) is 0.773. The summed E-state index contributed by atoms with van der Waals surface area (Å²) in [5.41, 5.74) is -0.355. The standard InChI is InChI=1S/C12H11F3N2O/c1-7(2)11(18)9-6-16-10-5-8(12(13,14)15)3-4-17(9)10/h3-7H,1-2H3. The summed E-state index contributed by atoms with van der Waals surface area (Å²) in [4.78, 5) is 15.7. The molecule has 0 unspecified atom stereocenters. The molecule has 0 aromatic carbocycles. The van der Waals surface area contributed by atoms with Gasteiger partial charge in [0.25, 0.3) is 0 Å². The van der Waals surface area contributed by atoms with Crippen LogP contribution in [-0.2, 0) is 6.18 Å². The van der Waals surface area contributed by atoms with Crippen LogP contribution >= 0.6 is 0 Å². The molecule has 0 saturated carbocycles. The largest absolute Gasteiger partial charge is 0.416 e. The fourth-order valence-corrected chi connectivity index (χ4v) is 1.64. The maximum Gasteiger partial charge on any atom is 0.416 e. The zero-order valence-electron chi connectivity index (χ0n) is 9.82. The number of aromatic nitrogens is 2. The second-order valence-electron chi connectivity index (χ2n) is 4.30. The van der Waals surface area contributed by atoms with Crippen molar-refractivity contribution in [2.24, 2.45) is 5.92 Å². The van der Waals surface area contributed by atoms with Crippen LogP contribution in [0.15, 0.2) is 24.5 Å². The molecule has 0 aliphatic rings. The molecule has 3 nitrogen and oxygen atoms in total. The third kappa shape index (κ3) is 2.10. The number of alkyl halides is 3.